The summed E-state index contributed by atoms with van der Waals surface area (Å²) in [5.74, 6) is 0.539. The van der Waals surface area contributed by atoms with E-state index in [1.165, 1.54) is 0 Å². The molecule has 2 aromatic carbocycles. The Labute approximate surface area is 143 Å². The molecular formula is C17H12Cl2N2O2. The van der Waals surface area contributed by atoms with Crippen LogP contribution in [-0.2, 0) is 9.57 Å². The van der Waals surface area contributed by atoms with E-state index in [-0.39, 0.29) is 0 Å². The molecule has 0 fully saturated rings. The molecule has 0 radical (unpaired) electrons. The van der Waals surface area contributed by atoms with E-state index in [0.717, 1.165) is 16.8 Å². The van der Waals surface area contributed by atoms with Crippen LogP contribution in [0, 0.1) is 0 Å². The largest absolute Gasteiger partial charge is 0.471 e. The molecule has 1 unspecified atom stereocenters. The molecule has 0 saturated heterocycles. The van der Waals surface area contributed by atoms with Crippen molar-refractivity contribution in [3.8, 4) is 0 Å². The summed E-state index contributed by atoms with van der Waals surface area (Å²) in [6.45, 7) is 0.322. The third-order valence-electron chi connectivity index (χ3n) is 3.79. The number of benzene rings is 2. The minimum Gasteiger partial charge on any atom is -0.471 e. The van der Waals surface area contributed by atoms with Crippen molar-refractivity contribution in [2.24, 2.45) is 10.1 Å². The second-order valence-corrected chi connectivity index (χ2v) is 6.29. The van der Waals surface area contributed by atoms with Crippen molar-refractivity contribution in [1.29, 1.82) is 0 Å². The van der Waals surface area contributed by atoms with Gasteiger partial charge in [-0.05, 0) is 30.3 Å². The van der Waals surface area contributed by atoms with Crippen LogP contribution in [0.1, 0.15) is 17.5 Å². The lowest BCUT2D eigenvalue weighted by molar-refractivity contribution is -0.0277. The predicted octanol–water partition coefficient (Wildman–Crippen LogP) is 4.29. The normalized spacial score (nSPS) is 22.5. The molecule has 4 rings (SSSR count). The van der Waals surface area contributed by atoms with Gasteiger partial charge in [0.2, 0.25) is 5.90 Å². The minimum atomic E-state index is -0.802. The number of rotatable bonds is 2. The number of oxime groups is 1. The maximum absolute atomic E-state index is 6.22. The summed E-state index contributed by atoms with van der Waals surface area (Å²) in [7, 11) is 0. The fraction of sp³-hybridized carbons (Fsp3) is 0.176. The van der Waals surface area contributed by atoms with Crippen molar-refractivity contribution in [3.05, 3.63) is 69.7 Å². The van der Waals surface area contributed by atoms with E-state index in [2.05, 4.69) is 10.1 Å². The molecule has 0 aliphatic carbocycles. The molecule has 0 bridgehead atoms. The maximum Gasteiger partial charge on any atom is 0.269 e. The molecule has 116 valence electrons. The van der Waals surface area contributed by atoms with Gasteiger partial charge in [0, 0.05) is 21.2 Å². The first-order valence-corrected chi connectivity index (χ1v) is 7.89. The van der Waals surface area contributed by atoms with Crippen LogP contribution in [0.3, 0.4) is 0 Å². The highest BCUT2D eigenvalue weighted by atomic mass is 35.5. The van der Waals surface area contributed by atoms with Crippen LogP contribution in [0.5, 0.6) is 0 Å². The fourth-order valence-corrected chi connectivity index (χ4v) is 2.99. The third-order valence-corrected chi connectivity index (χ3v) is 4.37. The predicted molar refractivity (Wildman–Crippen MR) is 90.4 cm³/mol. The molecule has 6 heteroatoms. The van der Waals surface area contributed by atoms with Gasteiger partial charge >= 0.3 is 0 Å². The Morgan fingerprint density at radius 3 is 2.57 bits per heavy atom. The first kappa shape index (κ1) is 14.5. The van der Waals surface area contributed by atoms with Crippen LogP contribution in [-0.4, -0.2) is 23.9 Å². The van der Waals surface area contributed by atoms with Crippen molar-refractivity contribution in [2.45, 2.75) is 12.1 Å². The lowest BCUT2D eigenvalue weighted by Crippen LogP contribution is -2.28. The summed E-state index contributed by atoms with van der Waals surface area (Å²) in [6.07, 6.45) is 0.522. The summed E-state index contributed by atoms with van der Waals surface area (Å²) in [5, 5.41) is 5.48. The number of halogens is 2. The monoisotopic (exact) mass is 346 g/mol. The standard InChI is InChI=1S/C17H12Cl2N2O2/c18-12-7-5-11(6-8-12)16-20-17(10-22-16)9-15(21-23-17)13-3-1-2-4-14(13)19/h1-8H,9-10H2. The van der Waals surface area contributed by atoms with Gasteiger partial charge in [0.1, 0.15) is 0 Å². The quantitative estimate of drug-likeness (QED) is 0.813. The van der Waals surface area contributed by atoms with E-state index in [1.807, 2.05) is 36.4 Å². The summed E-state index contributed by atoms with van der Waals surface area (Å²) in [4.78, 5) is 10.2. The molecule has 0 amide bonds. The Morgan fingerprint density at radius 2 is 1.78 bits per heavy atom. The number of aliphatic imine (C=N–C) groups is 1. The van der Waals surface area contributed by atoms with E-state index < -0.39 is 5.72 Å². The average Bonchev–Trinajstić information content (AvgIpc) is 3.16. The zero-order valence-corrected chi connectivity index (χ0v) is 13.5. The first-order valence-electron chi connectivity index (χ1n) is 7.14. The Bertz CT molecular complexity index is 818. The Morgan fingerprint density at radius 1 is 1.00 bits per heavy atom. The Kier molecular flexibility index (Phi) is 3.51. The SMILES string of the molecule is Clc1ccc(C2=NC3(CO2)CC(c2ccccc2Cl)=NO3)cc1. The summed E-state index contributed by atoms with van der Waals surface area (Å²) in [6, 6.07) is 14.9. The highest BCUT2D eigenvalue weighted by Crippen LogP contribution is 2.34. The van der Waals surface area contributed by atoms with E-state index in [4.69, 9.17) is 32.8 Å². The van der Waals surface area contributed by atoms with Gasteiger partial charge in [-0.2, -0.15) is 4.99 Å². The first-order chi connectivity index (χ1) is 11.2. The molecule has 0 N–H and O–H groups in total. The molecule has 1 spiro atoms. The van der Waals surface area contributed by atoms with Gasteiger partial charge < -0.3 is 9.57 Å². The van der Waals surface area contributed by atoms with Gasteiger partial charge in [-0.25, -0.2) is 0 Å². The van der Waals surface area contributed by atoms with Crippen LogP contribution >= 0.6 is 23.2 Å². The molecular weight excluding hydrogens is 335 g/mol. The molecule has 2 heterocycles. The van der Waals surface area contributed by atoms with Crippen molar-refractivity contribution >= 4 is 34.8 Å². The third kappa shape index (κ3) is 2.69. The zero-order chi connectivity index (χ0) is 15.9. The number of ether oxygens (including phenoxy) is 1. The fourth-order valence-electron chi connectivity index (χ4n) is 2.61. The van der Waals surface area contributed by atoms with Crippen LogP contribution < -0.4 is 0 Å². The molecule has 4 nitrogen and oxygen atoms in total. The van der Waals surface area contributed by atoms with E-state index in [9.17, 15) is 0 Å². The molecule has 2 aliphatic rings. The Hall–Kier alpha value is -2.04. The summed E-state index contributed by atoms with van der Waals surface area (Å²) < 4.78 is 5.71. The highest BCUT2D eigenvalue weighted by molar-refractivity contribution is 6.34. The molecule has 2 aromatic rings. The topological polar surface area (TPSA) is 43.2 Å². The Balaban J connectivity index is 1.58. The number of nitrogens with zero attached hydrogens (tertiary/aromatic N) is 2. The molecule has 0 saturated carbocycles. The zero-order valence-electron chi connectivity index (χ0n) is 12.0. The lowest BCUT2D eigenvalue weighted by Gasteiger charge is -2.13. The van der Waals surface area contributed by atoms with E-state index in [1.54, 1.807) is 12.1 Å². The van der Waals surface area contributed by atoms with Gasteiger partial charge in [-0.15, -0.1) is 0 Å². The van der Waals surface area contributed by atoms with Gasteiger partial charge in [0.15, 0.2) is 6.61 Å². The molecule has 2 aliphatic heterocycles. The van der Waals surface area contributed by atoms with Crippen molar-refractivity contribution < 1.29 is 9.57 Å². The van der Waals surface area contributed by atoms with Crippen LogP contribution in [0.25, 0.3) is 0 Å². The maximum atomic E-state index is 6.22. The van der Waals surface area contributed by atoms with Gasteiger partial charge in [-0.1, -0.05) is 46.6 Å². The van der Waals surface area contributed by atoms with Crippen molar-refractivity contribution in [2.75, 3.05) is 6.61 Å². The van der Waals surface area contributed by atoms with Crippen LogP contribution in [0.4, 0.5) is 0 Å². The smallest absolute Gasteiger partial charge is 0.269 e. The van der Waals surface area contributed by atoms with E-state index >= 15 is 0 Å². The minimum absolute atomic E-state index is 0.322. The van der Waals surface area contributed by atoms with Crippen LogP contribution in [0.15, 0.2) is 58.7 Å². The number of hydrogen-bond donors (Lipinski definition) is 0. The second kappa shape index (κ2) is 5.55. The average molecular weight is 347 g/mol. The molecule has 1 atom stereocenters. The summed E-state index contributed by atoms with van der Waals surface area (Å²) in [5.41, 5.74) is 1.70. The van der Waals surface area contributed by atoms with Gasteiger partial charge in [0.25, 0.3) is 5.72 Å². The van der Waals surface area contributed by atoms with Gasteiger partial charge in [-0.3, -0.25) is 0 Å². The number of hydrogen-bond acceptors (Lipinski definition) is 4. The van der Waals surface area contributed by atoms with Gasteiger partial charge in [0.05, 0.1) is 12.1 Å². The second-order valence-electron chi connectivity index (χ2n) is 5.44. The highest BCUT2D eigenvalue weighted by Gasteiger charge is 2.45. The van der Waals surface area contributed by atoms with Crippen molar-refractivity contribution in [1.82, 2.24) is 0 Å². The van der Waals surface area contributed by atoms with Crippen molar-refractivity contribution in [3.63, 3.8) is 0 Å². The molecule has 23 heavy (non-hydrogen) atoms. The van der Waals surface area contributed by atoms with Crippen LogP contribution in [0.2, 0.25) is 10.0 Å². The molecule has 0 aromatic heterocycles. The summed E-state index contributed by atoms with van der Waals surface area (Å²) >= 11 is 12.1. The van der Waals surface area contributed by atoms with E-state index in [0.29, 0.717) is 29.0 Å². The lowest BCUT2D eigenvalue weighted by atomic mass is 10.0.